The Bertz CT molecular complexity index is 875. The van der Waals surface area contributed by atoms with Crippen molar-refractivity contribution in [3.05, 3.63) is 52.9 Å². The predicted molar refractivity (Wildman–Crippen MR) is 111 cm³/mol. The lowest BCUT2D eigenvalue weighted by atomic mass is 10.1. The number of benzene rings is 2. The van der Waals surface area contributed by atoms with E-state index < -0.39 is 0 Å². The molecule has 1 amide bonds. The number of thiocarbonyl (C=S) groups is 1. The summed E-state index contributed by atoms with van der Waals surface area (Å²) < 4.78 is 6.01. The van der Waals surface area contributed by atoms with Crippen molar-refractivity contribution in [2.75, 3.05) is 39.4 Å². The molecule has 2 aliphatic rings. The standard InChI is InChI=1S/C20H20N2O2S2/c23-19-18(14-15-5-6-16-3-1-2-4-17(16)13-15)26-20(25)22(19)8-7-21-9-11-24-12-10-21/h1-6,13-14H,7-12H2. The van der Waals surface area contributed by atoms with E-state index in [-0.39, 0.29) is 5.91 Å². The largest absolute Gasteiger partial charge is 0.379 e. The summed E-state index contributed by atoms with van der Waals surface area (Å²) in [5.74, 6) is 0.0152. The minimum absolute atomic E-state index is 0.0152. The molecule has 0 aromatic heterocycles. The molecule has 2 heterocycles. The van der Waals surface area contributed by atoms with Gasteiger partial charge in [0.1, 0.15) is 4.32 Å². The van der Waals surface area contributed by atoms with Crippen LogP contribution in [-0.4, -0.2) is 59.4 Å². The molecule has 2 aliphatic heterocycles. The van der Waals surface area contributed by atoms with Gasteiger partial charge in [0.05, 0.1) is 18.1 Å². The Kier molecular flexibility index (Phi) is 5.36. The van der Waals surface area contributed by atoms with Gasteiger partial charge in [-0.2, -0.15) is 0 Å². The second-order valence-electron chi connectivity index (χ2n) is 6.39. The van der Waals surface area contributed by atoms with Crippen molar-refractivity contribution in [1.29, 1.82) is 0 Å². The Morgan fingerprint density at radius 3 is 2.65 bits per heavy atom. The number of thioether (sulfide) groups is 1. The second kappa shape index (κ2) is 7.88. The fourth-order valence-corrected chi connectivity index (χ4v) is 4.52. The highest BCUT2D eigenvalue weighted by Crippen LogP contribution is 2.32. The maximum atomic E-state index is 12.8. The van der Waals surface area contributed by atoms with E-state index in [9.17, 15) is 4.79 Å². The molecule has 2 fully saturated rings. The topological polar surface area (TPSA) is 32.8 Å². The van der Waals surface area contributed by atoms with Crippen molar-refractivity contribution in [2.24, 2.45) is 0 Å². The molecular weight excluding hydrogens is 364 g/mol. The zero-order valence-electron chi connectivity index (χ0n) is 14.4. The molecule has 0 aliphatic carbocycles. The summed E-state index contributed by atoms with van der Waals surface area (Å²) in [7, 11) is 0. The van der Waals surface area contributed by atoms with Crippen molar-refractivity contribution >= 4 is 51.1 Å². The molecule has 0 unspecified atom stereocenters. The first-order valence-corrected chi connectivity index (χ1v) is 9.97. The van der Waals surface area contributed by atoms with E-state index in [0.29, 0.717) is 15.8 Å². The number of ether oxygens (including phenoxy) is 1. The first kappa shape index (κ1) is 17.7. The van der Waals surface area contributed by atoms with E-state index in [1.54, 1.807) is 4.90 Å². The zero-order valence-corrected chi connectivity index (χ0v) is 16.0. The molecule has 0 radical (unpaired) electrons. The lowest BCUT2D eigenvalue weighted by Gasteiger charge is -2.28. The molecule has 0 bridgehead atoms. The van der Waals surface area contributed by atoms with Crippen LogP contribution in [0.15, 0.2) is 47.4 Å². The molecule has 134 valence electrons. The van der Waals surface area contributed by atoms with Crippen molar-refractivity contribution in [2.45, 2.75) is 0 Å². The van der Waals surface area contributed by atoms with Crippen LogP contribution in [0.2, 0.25) is 0 Å². The molecule has 26 heavy (non-hydrogen) atoms. The molecule has 6 heteroatoms. The zero-order chi connectivity index (χ0) is 17.9. The first-order valence-electron chi connectivity index (χ1n) is 8.75. The van der Waals surface area contributed by atoms with E-state index in [1.807, 2.05) is 24.3 Å². The van der Waals surface area contributed by atoms with Gasteiger partial charge in [0.15, 0.2) is 0 Å². The van der Waals surface area contributed by atoms with Crippen molar-refractivity contribution in [3.8, 4) is 0 Å². The van der Waals surface area contributed by atoms with Crippen molar-refractivity contribution in [3.63, 3.8) is 0 Å². The number of rotatable bonds is 4. The van der Waals surface area contributed by atoms with Gasteiger partial charge in [-0.25, -0.2) is 0 Å². The molecule has 4 nitrogen and oxygen atoms in total. The molecule has 2 saturated heterocycles. The van der Waals surface area contributed by atoms with Gasteiger partial charge >= 0.3 is 0 Å². The van der Waals surface area contributed by atoms with E-state index >= 15 is 0 Å². The predicted octanol–water partition coefficient (Wildman–Crippen LogP) is 3.37. The van der Waals surface area contributed by atoms with E-state index in [2.05, 4.69) is 29.2 Å². The van der Waals surface area contributed by atoms with Crippen molar-refractivity contribution in [1.82, 2.24) is 9.80 Å². The molecule has 0 N–H and O–H groups in total. The van der Waals surface area contributed by atoms with Gasteiger partial charge in [0.2, 0.25) is 0 Å². The van der Waals surface area contributed by atoms with Gasteiger partial charge in [0, 0.05) is 26.2 Å². The molecule has 0 atom stereocenters. The highest BCUT2D eigenvalue weighted by atomic mass is 32.2. The molecule has 0 saturated carbocycles. The van der Waals surface area contributed by atoms with Gasteiger partial charge < -0.3 is 4.74 Å². The summed E-state index contributed by atoms with van der Waals surface area (Å²) >= 11 is 6.83. The molecule has 4 rings (SSSR count). The van der Waals surface area contributed by atoms with Gasteiger partial charge in [-0.15, -0.1) is 0 Å². The minimum Gasteiger partial charge on any atom is -0.379 e. The van der Waals surface area contributed by atoms with Crippen LogP contribution in [0.3, 0.4) is 0 Å². The number of amides is 1. The molecule has 2 aromatic rings. The van der Waals surface area contributed by atoms with E-state index in [4.69, 9.17) is 17.0 Å². The van der Waals surface area contributed by atoms with Crippen LogP contribution >= 0.6 is 24.0 Å². The molecule has 2 aromatic carbocycles. The Balaban J connectivity index is 1.47. The number of hydrogen-bond acceptors (Lipinski definition) is 5. The Labute approximate surface area is 162 Å². The Hall–Kier alpha value is -1.73. The van der Waals surface area contributed by atoms with Crippen LogP contribution < -0.4 is 0 Å². The number of carbonyl (C=O) groups is 1. The SMILES string of the molecule is O=C1C(=Cc2ccc3ccccc3c2)SC(=S)N1CCN1CCOCC1. The molecule has 0 spiro atoms. The van der Waals surface area contributed by atoms with E-state index in [1.165, 1.54) is 22.5 Å². The average molecular weight is 385 g/mol. The third-order valence-electron chi connectivity index (χ3n) is 4.69. The molecular formula is C20H20N2O2S2. The number of carbonyl (C=O) groups excluding carboxylic acids is 1. The summed E-state index contributed by atoms with van der Waals surface area (Å²) in [6.07, 6.45) is 1.94. The summed E-state index contributed by atoms with van der Waals surface area (Å²) in [4.78, 5) is 17.5. The fraction of sp³-hybridized carbons (Fsp3) is 0.300. The van der Waals surface area contributed by atoms with Crippen LogP contribution in [0.5, 0.6) is 0 Å². The second-order valence-corrected chi connectivity index (χ2v) is 8.07. The third-order valence-corrected chi connectivity index (χ3v) is 6.07. The van der Waals surface area contributed by atoms with Gasteiger partial charge in [-0.05, 0) is 28.5 Å². The van der Waals surface area contributed by atoms with Crippen LogP contribution in [0.1, 0.15) is 5.56 Å². The van der Waals surface area contributed by atoms with Crippen LogP contribution in [0.25, 0.3) is 16.8 Å². The maximum absolute atomic E-state index is 12.8. The van der Waals surface area contributed by atoms with Crippen LogP contribution in [-0.2, 0) is 9.53 Å². The number of hydrogen-bond donors (Lipinski definition) is 0. The van der Waals surface area contributed by atoms with Crippen molar-refractivity contribution < 1.29 is 9.53 Å². The summed E-state index contributed by atoms with van der Waals surface area (Å²) in [5.41, 5.74) is 1.03. The average Bonchev–Trinajstić information content (AvgIpc) is 2.94. The summed E-state index contributed by atoms with van der Waals surface area (Å²) in [5, 5.41) is 2.37. The highest BCUT2D eigenvalue weighted by Gasteiger charge is 2.32. The normalized spacial score (nSPS) is 20.5. The minimum atomic E-state index is 0.0152. The maximum Gasteiger partial charge on any atom is 0.266 e. The third kappa shape index (κ3) is 3.83. The Morgan fingerprint density at radius 1 is 1.08 bits per heavy atom. The van der Waals surface area contributed by atoms with Gasteiger partial charge in [-0.3, -0.25) is 14.6 Å². The highest BCUT2D eigenvalue weighted by molar-refractivity contribution is 8.26. The quantitative estimate of drug-likeness (QED) is 0.596. The van der Waals surface area contributed by atoms with Gasteiger partial charge in [0.25, 0.3) is 5.91 Å². The smallest absolute Gasteiger partial charge is 0.266 e. The van der Waals surface area contributed by atoms with Crippen LogP contribution in [0.4, 0.5) is 0 Å². The van der Waals surface area contributed by atoms with Gasteiger partial charge in [-0.1, -0.05) is 60.4 Å². The summed E-state index contributed by atoms with van der Waals surface area (Å²) in [6, 6.07) is 14.5. The Morgan fingerprint density at radius 2 is 1.85 bits per heavy atom. The number of nitrogens with zero attached hydrogens (tertiary/aromatic N) is 2. The lowest BCUT2D eigenvalue weighted by molar-refractivity contribution is -0.122. The fourth-order valence-electron chi connectivity index (χ4n) is 3.21. The summed E-state index contributed by atoms with van der Waals surface area (Å²) in [6.45, 7) is 4.84. The van der Waals surface area contributed by atoms with Crippen LogP contribution in [0, 0.1) is 0 Å². The lowest BCUT2D eigenvalue weighted by Crippen LogP contribution is -2.42. The number of fused-ring (bicyclic) bond motifs is 1. The monoisotopic (exact) mass is 384 g/mol. The van der Waals surface area contributed by atoms with E-state index in [0.717, 1.165) is 38.4 Å². The number of morpholine rings is 1. The first-order chi connectivity index (χ1) is 12.7.